The Morgan fingerprint density at radius 3 is 2.40 bits per heavy atom. The molecule has 0 unspecified atom stereocenters. The van der Waals surface area contributed by atoms with Crippen LogP contribution in [0, 0.1) is 11.5 Å². The zero-order valence-electron chi connectivity index (χ0n) is 15.4. The van der Waals surface area contributed by atoms with Crippen molar-refractivity contribution in [3.63, 3.8) is 0 Å². The number of benzene rings is 1. The molecule has 0 atom stereocenters. The molecule has 2 rings (SSSR count). The van der Waals surface area contributed by atoms with Gasteiger partial charge in [0.1, 0.15) is 13.7 Å². The van der Waals surface area contributed by atoms with Crippen LogP contribution in [0.15, 0.2) is 28.9 Å². The molecule has 0 spiro atoms. The van der Waals surface area contributed by atoms with E-state index in [1.807, 2.05) is 12.1 Å². The molecule has 1 aromatic carbocycles. The molecule has 0 fully saturated rings. The summed E-state index contributed by atoms with van der Waals surface area (Å²) in [5.74, 6) is 2.46. The van der Waals surface area contributed by atoms with Crippen LogP contribution in [-0.2, 0) is 4.74 Å². The summed E-state index contributed by atoms with van der Waals surface area (Å²) < 4.78 is 7.64. The number of nitrogens with zero attached hydrogens (tertiary/aromatic N) is 1. The van der Waals surface area contributed by atoms with E-state index in [9.17, 15) is 9.59 Å². The second kappa shape index (κ2) is 6.81. The first-order chi connectivity index (χ1) is 11.4. The summed E-state index contributed by atoms with van der Waals surface area (Å²) in [6.45, 7) is 11.6. The lowest BCUT2D eigenvalue weighted by Crippen LogP contribution is -2.26. The van der Waals surface area contributed by atoms with E-state index in [1.54, 1.807) is 26.8 Å². The molecule has 0 bridgehead atoms. The van der Waals surface area contributed by atoms with Gasteiger partial charge in [-0.3, -0.25) is 9.36 Å². The van der Waals surface area contributed by atoms with Crippen LogP contribution in [0.2, 0.25) is 19.6 Å². The summed E-state index contributed by atoms with van der Waals surface area (Å²) in [6, 6.07) is 5.43. The average molecular weight is 420 g/mol. The van der Waals surface area contributed by atoms with Crippen molar-refractivity contribution in [2.45, 2.75) is 46.0 Å². The molecule has 0 radical (unpaired) electrons. The summed E-state index contributed by atoms with van der Waals surface area (Å²) in [5, 5.41) is 0.676. The van der Waals surface area contributed by atoms with Crippen LogP contribution in [0.25, 0.3) is 10.9 Å². The maximum Gasteiger partial charge on any atom is 0.419 e. The van der Waals surface area contributed by atoms with Gasteiger partial charge in [-0.25, -0.2) is 4.79 Å². The van der Waals surface area contributed by atoms with Crippen molar-refractivity contribution in [2.24, 2.45) is 0 Å². The smallest absolute Gasteiger partial charge is 0.419 e. The minimum absolute atomic E-state index is 0.284. The standard InChI is InChI=1S/C19H22BrNO3Si/c1-19(2,3)24-18(23)21-12-15(17(22)9-10-25(4,5)6)14-11-13(20)7-8-16(14)21/h7-8,11-12H,1-6H3. The fourth-order valence-corrected chi connectivity index (χ4v) is 3.01. The van der Waals surface area contributed by atoms with Crippen molar-refractivity contribution in [1.29, 1.82) is 0 Å². The predicted molar refractivity (Wildman–Crippen MR) is 107 cm³/mol. The fraction of sp³-hybridized carbons (Fsp3) is 0.368. The van der Waals surface area contributed by atoms with E-state index in [4.69, 9.17) is 4.74 Å². The number of ether oxygens (including phenoxy) is 1. The van der Waals surface area contributed by atoms with Gasteiger partial charge >= 0.3 is 6.09 Å². The molecular weight excluding hydrogens is 398 g/mol. The predicted octanol–water partition coefficient (Wildman–Crippen LogP) is 5.25. The molecule has 0 amide bonds. The monoisotopic (exact) mass is 419 g/mol. The number of ketones is 1. The summed E-state index contributed by atoms with van der Waals surface area (Å²) in [6.07, 6.45) is 1.00. The van der Waals surface area contributed by atoms with Crippen LogP contribution in [0.3, 0.4) is 0 Å². The quantitative estimate of drug-likeness (QED) is 0.360. The van der Waals surface area contributed by atoms with Crippen molar-refractivity contribution in [3.8, 4) is 11.5 Å². The van der Waals surface area contributed by atoms with Gasteiger partial charge in [-0.05, 0) is 44.9 Å². The molecule has 1 aromatic heterocycles. The van der Waals surface area contributed by atoms with Gasteiger partial charge in [0.2, 0.25) is 5.78 Å². The zero-order valence-corrected chi connectivity index (χ0v) is 17.9. The molecule has 132 valence electrons. The average Bonchev–Trinajstić information content (AvgIpc) is 2.81. The molecule has 2 aromatic rings. The number of aromatic nitrogens is 1. The van der Waals surface area contributed by atoms with E-state index in [1.165, 1.54) is 10.8 Å². The lowest BCUT2D eigenvalue weighted by atomic mass is 10.1. The van der Waals surface area contributed by atoms with E-state index in [0.717, 1.165) is 4.47 Å². The summed E-state index contributed by atoms with van der Waals surface area (Å²) in [7, 11) is -1.67. The third-order valence-electron chi connectivity index (χ3n) is 3.15. The highest BCUT2D eigenvalue weighted by Crippen LogP contribution is 2.26. The van der Waals surface area contributed by atoms with Gasteiger partial charge < -0.3 is 4.74 Å². The SMILES string of the molecule is CC(C)(C)OC(=O)n1cc(C(=O)C#C[Si](C)(C)C)c2cc(Br)ccc21. The maximum absolute atomic E-state index is 12.6. The zero-order chi connectivity index (χ0) is 19.0. The Bertz CT molecular complexity index is 905. The summed E-state index contributed by atoms with van der Waals surface area (Å²) >= 11 is 3.42. The van der Waals surface area contributed by atoms with Crippen molar-refractivity contribution in [2.75, 3.05) is 0 Å². The van der Waals surface area contributed by atoms with Gasteiger partial charge in [-0.1, -0.05) is 35.6 Å². The molecule has 1 heterocycles. The minimum Gasteiger partial charge on any atom is -0.443 e. The van der Waals surface area contributed by atoms with Gasteiger partial charge in [-0.15, -0.1) is 5.54 Å². The number of rotatable bonds is 1. The van der Waals surface area contributed by atoms with Crippen molar-refractivity contribution >= 4 is 46.8 Å². The highest BCUT2D eigenvalue weighted by atomic mass is 79.9. The number of fused-ring (bicyclic) bond motifs is 1. The van der Waals surface area contributed by atoms with E-state index < -0.39 is 19.8 Å². The normalized spacial score (nSPS) is 11.8. The van der Waals surface area contributed by atoms with Crippen LogP contribution < -0.4 is 0 Å². The van der Waals surface area contributed by atoms with Gasteiger partial charge in [0.25, 0.3) is 0 Å². The van der Waals surface area contributed by atoms with E-state index in [0.29, 0.717) is 16.5 Å². The first kappa shape index (κ1) is 19.5. The van der Waals surface area contributed by atoms with Crippen LogP contribution in [-0.4, -0.2) is 30.1 Å². The summed E-state index contributed by atoms with van der Waals surface area (Å²) in [4.78, 5) is 25.1. The van der Waals surface area contributed by atoms with E-state index in [-0.39, 0.29) is 5.78 Å². The number of hydrogen-bond acceptors (Lipinski definition) is 3. The Kier molecular flexibility index (Phi) is 5.31. The van der Waals surface area contributed by atoms with Gasteiger partial charge in [0, 0.05) is 16.1 Å². The molecule has 0 saturated carbocycles. The van der Waals surface area contributed by atoms with Crippen LogP contribution in [0.5, 0.6) is 0 Å². The summed E-state index contributed by atoms with van der Waals surface area (Å²) in [5.41, 5.74) is 3.49. The minimum atomic E-state index is -1.67. The van der Waals surface area contributed by atoms with Crippen LogP contribution >= 0.6 is 15.9 Å². The number of Topliss-reactive ketones (excluding diaryl/α,β-unsaturated/α-hetero) is 1. The molecule has 0 aliphatic heterocycles. The van der Waals surface area contributed by atoms with Crippen molar-refractivity contribution in [1.82, 2.24) is 4.57 Å². The Morgan fingerprint density at radius 2 is 1.84 bits per heavy atom. The molecule has 0 aliphatic carbocycles. The third kappa shape index (κ3) is 5.07. The first-order valence-corrected chi connectivity index (χ1v) is 12.3. The Balaban J connectivity index is 2.58. The molecule has 25 heavy (non-hydrogen) atoms. The Labute approximate surface area is 157 Å². The largest absolute Gasteiger partial charge is 0.443 e. The van der Waals surface area contributed by atoms with Gasteiger partial charge in [0.05, 0.1) is 11.1 Å². The fourth-order valence-electron chi connectivity index (χ4n) is 2.16. The molecular formula is C19H22BrNO3Si. The molecule has 0 N–H and O–H groups in total. The molecule has 0 saturated heterocycles. The van der Waals surface area contributed by atoms with Gasteiger partial charge in [-0.2, -0.15) is 0 Å². The number of halogens is 1. The van der Waals surface area contributed by atoms with Crippen molar-refractivity contribution < 1.29 is 14.3 Å². The highest BCUT2D eigenvalue weighted by Gasteiger charge is 2.22. The Hall–Kier alpha value is -1.84. The third-order valence-corrected chi connectivity index (χ3v) is 4.52. The molecule has 4 nitrogen and oxygen atoms in total. The lowest BCUT2D eigenvalue weighted by molar-refractivity contribution is 0.0544. The van der Waals surface area contributed by atoms with Crippen LogP contribution in [0.4, 0.5) is 4.79 Å². The topological polar surface area (TPSA) is 48.3 Å². The van der Waals surface area contributed by atoms with Crippen LogP contribution in [0.1, 0.15) is 31.1 Å². The van der Waals surface area contributed by atoms with Gasteiger partial charge in [0.15, 0.2) is 0 Å². The molecule has 6 heteroatoms. The van der Waals surface area contributed by atoms with E-state index >= 15 is 0 Å². The van der Waals surface area contributed by atoms with Crippen molar-refractivity contribution in [3.05, 3.63) is 34.4 Å². The number of carbonyl (C=O) groups excluding carboxylic acids is 2. The lowest BCUT2D eigenvalue weighted by Gasteiger charge is -2.19. The maximum atomic E-state index is 12.6. The number of hydrogen-bond donors (Lipinski definition) is 0. The first-order valence-electron chi connectivity index (χ1n) is 7.99. The Morgan fingerprint density at radius 1 is 1.20 bits per heavy atom. The second-order valence-electron chi connectivity index (χ2n) is 7.88. The van der Waals surface area contributed by atoms with E-state index in [2.05, 4.69) is 47.0 Å². The highest BCUT2D eigenvalue weighted by molar-refractivity contribution is 9.10. The molecule has 0 aliphatic rings. The second-order valence-corrected chi connectivity index (χ2v) is 13.5. The number of carbonyl (C=O) groups is 2.